The van der Waals surface area contributed by atoms with Crippen molar-refractivity contribution in [2.75, 3.05) is 19.1 Å². The van der Waals surface area contributed by atoms with Gasteiger partial charge in [0, 0.05) is 24.5 Å². The maximum atomic E-state index is 13.9. The minimum atomic E-state index is -1.57. The fourth-order valence-electron chi connectivity index (χ4n) is 2.55. The highest BCUT2D eigenvalue weighted by Crippen LogP contribution is 2.32. The van der Waals surface area contributed by atoms with E-state index in [0.29, 0.717) is 27.6 Å². The fraction of sp³-hybridized carbons (Fsp3) is 0.300. The molecule has 0 aliphatic rings. The van der Waals surface area contributed by atoms with Gasteiger partial charge in [-0.2, -0.15) is 9.37 Å². The van der Waals surface area contributed by atoms with Gasteiger partial charge in [0.05, 0.1) is 12.1 Å². The van der Waals surface area contributed by atoms with E-state index in [-0.39, 0.29) is 18.9 Å². The normalized spacial score (nSPS) is 12.6. The lowest BCUT2D eigenvalue weighted by Crippen LogP contribution is -2.20. The molecule has 0 radical (unpaired) electrons. The summed E-state index contributed by atoms with van der Waals surface area (Å²) < 4.78 is 59.4. The summed E-state index contributed by atoms with van der Waals surface area (Å²) in [5, 5.41) is 3.28. The summed E-state index contributed by atoms with van der Waals surface area (Å²) in [6.07, 6.45) is 2.00. The molecule has 0 saturated heterocycles. The van der Waals surface area contributed by atoms with Gasteiger partial charge in [-0.3, -0.25) is 4.79 Å². The Kier molecular flexibility index (Phi) is 8.05. The van der Waals surface area contributed by atoms with E-state index < -0.39 is 29.7 Å². The molecule has 10 heteroatoms. The number of allylic oxidation sites excluding steroid dienone is 4. The van der Waals surface area contributed by atoms with Crippen LogP contribution in [-0.2, 0) is 6.54 Å². The molecule has 0 bridgehead atoms. The van der Waals surface area contributed by atoms with E-state index in [1.807, 2.05) is 0 Å². The number of ether oxygens (including phenoxy) is 1. The minimum Gasteiger partial charge on any atom is -0.495 e. The van der Waals surface area contributed by atoms with Crippen LogP contribution in [0.15, 0.2) is 46.4 Å². The second kappa shape index (κ2) is 10.3. The number of methoxy groups -OCH3 is 1. The molecule has 2 rings (SSSR count). The van der Waals surface area contributed by atoms with Crippen LogP contribution < -0.4 is 15.6 Å². The topological polar surface area (TPSA) is 56.2 Å². The summed E-state index contributed by atoms with van der Waals surface area (Å²) in [5.74, 6) is -3.68. The largest absolute Gasteiger partial charge is 0.495 e. The summed E-state index contributed by atoms with van der Waals surface area (Å²) in [7, 11) is 1.43. The first-order valence-corrected chi connectivity index (χ1v) is 9.25. The van der Waals surface area contributed by atoms with Crippen molar-refractivity contribution < 1.29 is 22.3 Å². The molecule has 1 aromatic carbocycles. The molecule has 30 heavy (non-hydrogen) atoms. The average Bonchev–Trinajstić information content (AvgIpc) is 2.71. The summed E-state index contributed by atoms with van der Waals surface area (Å²) in [5.41, 5.74) is 0.398. The van der Waals surface area contributed by atoms with Crippen molar-refractivity contribution in [2.45, 2.75) is 26.8 Å². The zero-order chi connectivity index (χ0) is 22.4. The van der Waals surface area contributed by atoms with Crippen LogP contribution >= 0.6 is 11.6 Å². The molecule has 0 fully saturated rings. The molecule has 1 aromatic heterocycles. The number of hydrogen-bond acceptors (Lipinski definition) is 4. The third-order valence-corrected chi connectivity index (χ3v) is 4.53. The van der Waals surface area contributed by atoms with Gasteiger partial charge in [-0.05, 0) is 36.6 Å². The standard InChI is InChI=1S/C20H20ClF4N3O2/c1-4-12(6-14(23)15(24)8-22)9-28-10-16(25)19(29)27-20(28)26-17-7-18(30-3)13(21)5-11(17)2/h5-7,10H,4,8-9H2,1-3H3,(H,26,27,29)/b12-6+,15-14-. The minimum absolute atomic E-state index is 0.0384. The Labute approximate surface area is 175 Å². The number of nitrogens with one attached hydrogen (secondary N) is 1. The van der Waals surface area contributed by atoms with Crippen molar-refractivity contribution in [3.63, 3.8) is 0 Å². The number of hydrogen-bond donors (Lipinski definition) is 1. The Morgan fingerprint density at radius 1 is 1.37 bits per heavy atom. The number of rotatable bonds is 8. The molecular weight excluding hydrogens is 426 g/mol. The maximum Gasteiger partial charge on any atom is 0.310 e. The lowest BCUT2D eigenvalue weighted by Gasteiger charge is -2.17. The van der Waals surface area contributed by atoms with Crippen LogP contribution in [0.5, 0.6) is 5.75 Å². The Morgan fingerprint density at radius 3 is 2.67 bits per heavy atom. The van der Waals surface area contributed by atoms with Crippen LogP contribution in [-0.4, -0.2) is 23.3 Å². The third-order valence-electron chi connectivity index (χ3n) is 4.23. The van der Waals surface area contributed by atoms with Gasteiger partial charge < -0.3 is 14.6 Å². The van der Waals surface area contributed by atoms with E-state index >= 15 is 0 Å². The van der Waals surface area contributed by atoms with Gasteiger partial charge in [-0.25, -0.2) is 13.2 Å². The number of anilines is 2. The Morgan fingerprint density at radius 2 is 2.07 bits per heavy atom. The second-order valence-corrected chi connectivity index (χ2v) is 6.72. The molecule has 1 heterocycles. The van der Waals surface area contributed by atoms with Crippen LogP contribution in [0, 0.1) is 12.7 Å². The average molecular weight is 446 g/mol. The van der Waals surface area contributed by atoms with Crippen molar-refractivity contribution >= 4 is 23.2 Å². The van der Waals surface area contributed by atoms with E-state index in [9.17, 15) is 22.4 Å². The van der Waals surface area contributed by atoms with Crippen LogP contribution in [0.1, 0.15) is 18.9 Å². The lowest BCUT2D eigenvalue weighted by molar-refractivity contribution is 0.415. The van der Waals surface area contributed by atoms with E-state index in [1.54, 1.807) is 26.0 Å². The predicted molar refractivity (Wildman–Crippen MR) is 108 cm³/mol. The number of aryl methyl sites for hydroxylation is 1. The SMILES string of the molecule is CC/C(=C\C(F)=C(\F)CF)Cn1cc(F)c(=O)nc1Nc1cc(OC)c(Cl)cc1C. The Bertz CT molecular complexity index is 1050. The van der Waals surface area contributed by atoms with Gasteiger partial charge in [-0.1, -0.05) is 18.5 Å². The first-order valence-electron chi connectivity index (χ1n) is 8.87. The van der Waals surface area contributed by atoms with Gasteiger partial charge in [0.1, 0.15) is 12.4 Å². The number of benzene rings is 1. The summed E-state index contributed by atoms with van der Waals surface area (Å²) in [6.45, 7) is 1.72. The van der Waals surface area contributed by atoms with Crippen molar-refractivity contribution in [3.05, 3.63) is 68.4 Å². The molecule has 162 valence electrons. The summed E-state index contributed by atoms with van der Waals surface area (Å²) in [6, 6.07) is 3.21. The van der Waals surface area contributed by atoms with E-state index in [2.05, 4.69) is 10.3 Å². The van der Waals surface area contributed by atoms with E-state index in [1.165, 1.54) is 11.7 Å². The highest BCUT2D eigenvalue weighted by molar-refractivity contribution is 6.32. The highest BCUT2D eigenvalue weighted by Gasteiger charge is 2.14. The maximum absolute atomic E-state index is 13.9. The fourth-order valence-corrected chi connectivity index (χ4v) is 2.85. The second-order valence-electron chi connectivity index (χ2n) is 6.31. The molecule has 0 spiro atoms. The third kappa shape index (κ3) is 5.63. The van der Waals surface area contributed by atoms with E-state index in [4.69, 9.17) is 16.3 Å². The van der Waals surface area contributed by atoms with E-state index in [0.717, 1.165) is 12.3 Å². The number of alkyl halides is 1. The van der Waals surface area contributed by atoms with Crippen LogP contribution in [0.25, 0.3) is 0 Å². The van der Waals surface area contributed by atoms with Crippen molar-refractivity contribution in [2.24, 2.45) is 0 Å². The molecule has 5 nitrogen and oxygen atoms in total. The Balaban J connectivity index is 2.49. The van der Waals surface area contributed by atoms with Gasteiger partial charge >= 0.3 is 5.56 Å². The molecule has 0 unspecified atom stereocenters. The molecule has 0 aliphatic heterocycles. The van der Waals surface area contributed by atoms with Crippen molar-refractivity contribution in [1.82, 2.24) is 9.55 Å². The first-order chi connectivity index (χ1) is 14.2. The van der Waals surface area contributed by atoms with Gasteiger partial charge in [-0.15, -0.1) is 0 Å². The zero-order valence-electron chi connectivity index (χ0n) is 16.5. The number of aromatic nitrogens is 2. The van der Waals surface area contributed by atoms with Gasteiger partial charge in [0.2, 0.25) is 11.8 Å². The van der Waals surface area contributed by atoms with Gasteiger partial charge in [0.25, 0.3) is 0 Å². The highest BCUT2D eigenvalue weighted by atomic mass is 35.5. The van der Waals surface area contributed by atoms with Crippen LogP contribution in [0.2, 0.25) is 5.02 Å². The van der Waals surface area contributed by atoms with Gasteiger partial charge in [0.15, 0.2) is 11.7 Å². The predicted octanol–water partition coefficient (Wildman–Crippen LogP) is 5.55. The number of nitrogens with zero attached hydrogens (tertiary/aromatic N) is 2. The summed E-state index contributed by atoms with van der Waals surface area (Å²) in [4.78, 5) is 15.4. The molecule has 0 saturated carbocycles. The lowest BCUT2D eigenvalue weighted by atomic mass is 10.1. The molecule has 0 aliphatic carbocycles. The molecule has 2 aromatic rings. The van der Waals surface area contributed by atoms with Crippen molar-refractivity contribution in [1.29, 1.82) is 0 Å². The smallest absolute Gasteiger partial charge is 0.310 e. The number of halogens is 5. The quantitative estimate of drug-likeness (QED) is 0.427. The molecule has 1 N–H and O–H groups in total. The molecule has 0 amide bonds. The van der Waals surface area contributed by atoms with Crippen molar-refractivity contribution in [3.8, 4) is 5.75 Å². The van der Waals surface area contributed by atoms with Crippen LogP contribution in [0.3, 0.4) is 0 Å². The monoisotopic (exact) mass is 445 g/mol. The molecule has 0 atom stereocenters. The zero-order valence-corrected chi connectivity index (χ0v) is 17.3. The summed E-state index contributed by atoms with van der Waals surface area (Å²) >= 11 is 6.08. The molecular formula is C20H20ClF4N3O2. The van der Waals surface area contributed by atoms with Crippen LogP contribution in [0.4, 0.5) is 29.2 Å². The first kappa shape index (κ1) is 23.5. The Hall–Kier alpha value is -2.81.